The van der Waals surface area contributed by atoms with E-state index in [1.165, 1.54) is 12.1 Å². The van der Waals surface area contributed by atoms with Gasteiger partial charge in [0.25, 0.3) is 0 Å². The topological polar surface area (TPSA) is 64.8 Å². The van der Waals surface area contributed by atoms with Crippen LogP contribution in [0.3, 0.4) is 0 Å². The lowest BCUT2D eigenvalue weighted by Crippen LogP contribution is -2.39. The number of halogens is 1. The maximum Gasteiger partial charge on any atom is 0.428 e. The van der Waals surface area contributed by atoms with Gasteiger partial charge in [-0.2, -0.15) is 0 Å². The third kappa shape index (κ3) is 6.08. The lowest BCUT2D eigenvalue weighted by Gasteiger charge is -2.21. The minimum atomic E-state index is -0.616. The standard InChI is InChI=1S/C19H23FN2O3/c1-19(2,3)13-25-18(23)22(21)16-8-10-17(11-9-16)24-12-14-4-6-15(20)7-5-14/h4-11H,12-13,21H2,1-3H3. The molecule has 0 aliphatic carbocycles. The van der Waals surface area contributed by atoms with Gasteiger partial charge in [-0.15, -0.1) is 0 Å². The molecule has 0 saturated carbocycles. The Morgan fingerprint density at radius 2 is 1.68 bits per heavy atom. The first-order valence-corrected chi connectivity index (χ1v) is 7.93. The molecule has 0 heterocycles. The highest BCUT2D eigenvalue weighted by molar-refractivity contribution is 5.86. The Hall–Kier alpha value is -2.60. The predicted molar refractivity (Wildman–Crippen MR) is 94.6 cm³/mol. The molecule has 2 aromatic rings. The van der Waals surface area contributed by atoms with Crippen LogP contribution in [0.2, 0.25) is 0 Å². The van der Waals surface area contributed by atoms with Gasteiger partial charge < -0.3 is 9.47 Å². The first-order valence-electron chi connectivity index (χ1n) is 7.93. The number of ether oxygens (including phenoxy) is 2. The zero-order valence-corrected chi connectivity index (χ0v) is 14.7. The molecule has 0 atom stereocenters. The lowest BCUT2D eigenvalue weighted by molar-refractivity contribution is 0.112. The Morgan fingerprint density at radius 3 is 2.24 bits per heavy atom. The van der Waals surface area contributed by atoms with E-state index >= 15 is 0 Å². The third-order valence-corrected chi connectivity index (χ3v) is 3.26. The van der Waals surface area contributed by atoms with E-state index in [4.69, 9.17) is 15.3 Å². The number of nitrogens with two attached hydrogens (primary N) is 1. The summed E-state index contributed by atoms with van der Waals surface area (Å²) in [6, 6.07) is 12.8. The third-order valence-electron chi connectivity index (χ3n) is 3.26. The molecule has 2 aromatic carbocycles. The number of anilines is 1. The SMILES string of the molecule is CC(C)(C)COC(=O)N(N)c1ccc(OCc2ccc(F)cc2)cc1. The van der Waals surface area contributed by atoms with Crippen molar-refractivity contribution in [2.75, 3.05) is 11.6 Å². The second-order valence-corrected chi connectivity index (χ2v) is 6.89. The summed E-state index contributed by atoms with van der Waals surface area (Å²) in [7, 11) is 0. The van der Waals surface area contributed by atoms with Crippen LogP contribution in [0.5, 0.6) is 5.75 Å². The van der Waals surface area contributed by atoms with Crippen LogP contribution in [0, 0.1) is 11.2 Å². The van der Waals surface area contributed by atoms with Gasteiger partial charge in [-0.05, 0) is 47.4 Å². The predicted octanol–water partition coefficient (Wildman–Crippen LogP) is 4.27. The highest BCUT2D eigenvalue weighted by atomic mass is 19.1. The van der Waals surface area contributed by atoms with Gasteiger partial charge in [0, 0.05) is 0 Å². The van der Waals surface area contributed by atoms with Crippen molar-refractivity contribution < 1.29 is 18.7 Å². The highest BCUT2D eigenvalue weighted by Gasteiger charge is 2.18. The van der Waals surface area contributed by atoms with Gasteiger partial charge in [-0.3, -0.25) is 0 Å². The van der Waals surface area contributed by atoms with Crippen LogP contribution in [0.15, 0.2) is 48.5 Å². The molecule has 1 amide bonds. The van der Waals surface area contributed by atoms with E-state index in [9.17, 15) is 9.18 Å². The zero-order chi connectivity index (χ0) is 18.4. The number of hydrazine groups is 1. The number of carbonyl (C=O) groups excluding carboxylic acids is 1. The van der Waals surface area contributed by atoms with E-state index in [1.54, 1.807) is 36.4 Å². The summed E-state index contributed by atoms with van der Waals surface area (Å²) in [5.74, 6) is 6.11. The van der Waals surface area contributed by atoms with Gasteiger partial charge in [0.05, 0.1) is 12.3 Å². The van der Waals surface area contributed by atoms with E-state index in [1.807, 2.05) is 20.8 Å². The Balaban J connectivity index is 1.90. The maximum atomic E-state index is 12.9. The summed E-state index contributed by atoms with van der Waals surface area (Å²) in [4.78, 5) is 11.9. The minimum Gasteiger partial charge on any atom is -0.489 e. The number of amides is 1. The molecule has 134 valence electrons. The molecule has 0 bridgehead atoms. The van der Waals surface area contributed by atoms with Crippen molar-refractivity contribution in [2.45, 2.75) is 27.4 Å². The number of hydrogen-bond donors (Lipinski definition) is 1. The average molecular weight is 346 g/mol. The van der Waals surface area contributed by atoms with Crippen LogP contribution in [0.4, 0.5) is 14.9 Å². The van der Waals surface area contributed by atoms with Crippen molar-refractivity contribution in [3.8, 4) is 5.75 Å². The second kappa shape index (κ2) is 7.98. The fraction of sp³-hybridized carbons (Fsp3) is 0.316. The van der Waals surface area contributed by atoms with E-state index in [2.05, 4.69) is 0 Å². The largest absolute Gasteiger partial charge is 0.489 e. The summed E-state index contributed by atoms with van der Waals surface area (Å²) < 4.78 is 23.6. The Kier molecular flexibility index (Phi) is 5.98. The molecule has 0 aromatic heterocycles. The van der Waals surface area contributed by atoms with Gasteiger partial charge in [0.2, 0.25) is 0 Å². The molecule has 2 N–H and O–H groups in total. The molecule has 25 heavy (non-hydrogen) atoms. The smallest absolute Gasteiger partial charge is 0.428 e. The van der Waals surface area contributed by atoms with Crippen molar-refractivity contribution in [1.82, 2.24) is 0 Å². The quantitative estimate of drug-likeness (QED) is 0.499. The van der Waals surface area contributed by atoms with Crippen LogP contribution >= 0.6 is 0 Å². The molecule has 0 aliphatic heterocycles. The Morgan fingerprint density at radius 1 is 1.08 bits per heavy atom. The molecule has 6 heteroatoms. The van der Waals surface area contributed by atoms with E-state index in [-0.39, 0.29) is 17.8 Å². The summed E-state index contributed by atoms with van der Waals surface area (Å²) in [6.45, 7) is 6.50. The molecule has 0 spiro atoms. The van der Waals surface area contributed by atoms with Crippen molar-refractivity contribution >= 4 is 11.8 Å². The first-order chi connectivity index (χ1) is 11.7. The van der Waals surface area contributed by atoms with Gasteiger partial charge in [0.1, 0.15) is 18.2 Å². The molecule has 2 rings (SSSR count). The van der Waals surface area contributed by atoms with Crippen LogP contribution < -0.4 is 15.6 Å². The Bertz CT molecular complexity index is 694. The van der Waals surface area contributed by atoms with Gasteiger partial charge in [-0.1, -0.05) is 32.9 Å². The zero-order valence-electron chi connectivity index (χ0n) is 14.7. The number of hydrogen-bond acceptors (Lipinski definition) is 4. The molecule has 0 fully saturated rings. The van der Waals surface area contributed by atoms with Crippen LogP contribution in [-0.4, -0.2) is 12.7 Å². The van der Waals surface area contributed by atoms with Crippen LogP contribution in [0.25, 0.3) is 0 Å². The van der Waals surface area contributed by atoms with Gasteiger partial charge in [0.15, 0.2) is 0 Å². The second-order valence-electron chi connectivity index (χ2n) is 6.89. The molecular formula is C19H23FN2O3. The van der Waals surface area contributed by atoms with Crippen LogP contribution in [0.1, 0.15) is 26.3 Å². The molecule has 0 saturated heterocycles. The van der Waals surface area contributed by atoms with Gasteiger partial charge in [-0.25, -0.2) is 20.0 Å². The van der Waals surface area contributed by atoms with E-state index in [0.717, 1.165) is 10.6 Å². The first kappa shape index (κ1) is 18.7. The minimum absolute atomic E-state index is 0.130. The maximum absolute atomic E-state index is 12.9. The molecule has 0 unspecified atom stereocenters. The number of carbonyl (C=O) groups is 1. The van der Waals surface area contributed by atoms with Crippen LogP contribution in [-0.2, 0) is 11.3 Å². The van der Waals surface area contributed by atoms with E-state index < -0.39 is 6.09 Å². The van der Waals surface area contributed by atoms with Gasteiger partial charge >= 0.3 is 6.09 Å². The average Bonchev–Trinajstić information content (AvgIpc) is 2.58. The lowest BCUT2D eigenvalue weighted by atomic mass is 9.99. The summed E-state index contributed by atoms with van der Waals surface area (Å²) >= 11 is 0. The van der Waals surface area contributed by atoms with Crippen molar-refractivity contribution in [3.05, 3.63) is 59.9 Å². The summed E-state index contributed by atoms with van der Waals surface area (Å²) in [5, 5.41) is 0.954. The molecular weight excluding hydrogens is 323 g/mol. The highest BCUT2D eigenvalue weighted by Crippen LogP contribution is 2.20. The molecule has 0 aliphatic rings. The normalized spacial score (nSPS) is 11.1. The molecule has 5 nitrogen and oxygen atoms in total. The number of nitrogens with zero attached hydrogens (tertiary/aromatic N) is 1. The summed E-state index contributed by atoms with van der Waals surface area (Å²) in [5.41, 5.74) is 1.22. The molecule has 0 radical (unpaired) electrons. The number of rotatable bonds is 5. The summed E-state index contributed by atoms with van der Waals surface area (Å²) in [6.07, 6.45) is -0.616. The monoisotopic (exact) mass is 346 g/mol. The van der Waals surface area contributed by atoms with E-state index in [0.29, 0.717) is 18.0 Å². The van der Waals surface area contributed by atoms with Crippen molar-refractivity contribution in [2.24, 2.45) is 11.3 Å². The fourth-order valence-electron chi connectivity index (χ4n) is 1.90. The number of benzene rings is 2. The Labute approximate surface area is 147 Å². The fourth-order valence-corrected chi connectivity index (χ4v) is 1.90. The van der Waals surface area contributed by atoms with Crippen molar-refractivity contribution in [1.29, 1.82) is 0 Å². The van der Waals surface area contributed by atoms with Crippen molar-refractivity contribution in [3.63, 3.8) is 0 Å².